The van der Waals surface area contributed by atoms with E-state index in [9.17, 15) is 4.39 Å². The molecule has 108 valence electrons. The van der Waals surface area contributed by atoms with Gasteiger partial charge in [-0.25, -0.2) is 4.39 Å². The zero-order valence-corrected chi connectivity index (χ0v) is 13.1. The van der Waals surface area contributed by atoms with E-state index in [2.05, 4.69) is 21.2 Å². The summed E-state index contributed by atoms with van der Waals surface area (Å²) in [5.74, 6) is 0.327. The van der Waals surface area contributed by atoms with Gasteiger partial charge in [-0.2, -0.15) is 5.26 Å². The van der Waals surface area contributed by atoms with Gasteiger partial charge in [0.25, 0.3) is 0 Å². The number of rotatable bonds is 5. The lowest BCUT2D eigenvalue weighted by molar-refractivity contribution is 0.340. The summed E-state index contributed by atoms with van der Waals surface area (Å²) < 4.78 is 19.7. The second kappa shape index (κ2) is 7.09. The smallest absolute Gasteiger partial charge is 0.161 e. The monoisotopic (exact) mass is 348 g/mol. The van der Waals surface area contributed by atoms with Crippen LogP contribution in [0.1, 0.15) is 18.1 Å². The number of hydrogen-bond acceptors (Lipinski definition) is 3. The normalized spacial score (nSPS) is 10.0. The Balaban J connectivity index is 2.12. The SMILES string of the molecule is CCOc1cccc(CNc2ccc(C#N)c(Br)c2F)c1. The van der Waals surface area contributed by atoms with Crippen LogP contribution in [0.5, 0.6) is 5.75 Å². The molecular formula is C16H14BrFN2O. The number of nitrogens with zero attached hydrogens (tertiary/aromatic N) is 1. The van der Waals surface area contributed by atoms with Crippen LogP contribution in [0.25, 0.3) is 0 Å². The van der Waals surface area contributed by atoms with E-state index in [1.807, 2.05) is 37.3 Å². The van der Waals surface area contributed by atoms with Crippen molar-refractivity contribution in [1.82, 2.24) is 0 Å². The van der Waals surface area contributed by atoms with Crippen molar-refractivity contribution in [2.45, 2.75) is 13.5 Å². The molecule has 5 heteroatoms. The second-order valence-corrected chi connectivity index (χ2v) is 5.13. The van der Waals surface area contributed by atoms with E-state index < -0.39 is 5.82 Å². The molecule has 1 N–H and O–H groups in total. The average molecular weight is 349 g/mol. The molecule has 0 spiro atoms. The van der Waals surface area contributed by atoms with Crippen molar-refractivity contribution in [2.75, 3.05) is 11.9 Å². The van der Waals surface area contributed by atoms with Crippen molar-refractivity contribution >= 4 is 21.6 Å². The maximum absolute atomic E-state index is 14.1. The summed E-state index contributed by atoms with van der Waals surface area (Å²) in [4.78, 5) is 0. The standard InChI is InChI=1S/C16H14BrFN2O/c1-2-21-13-5-3-4-11(8-13)10-20-14-7-6-12(9-19)15(17)16(14)18/h3-8,20H,2,10H2,1H3. The maximum Gasteiger partial charge on any atom is 0.161 e. The van der Waals surface area contributed by atoms with E-state index in [0.29, 0.717) is 18.8 Å². The van der Waals surface area contributed by atoms with E-state index in [4.69, 9.17) is 10.00 Å². The van der Waals surface area contributed by atoms with Gasteiger partial charge in [0.05, 0.1) is 22.3 Å². The first-order valence-electron chi connectivity index (χ1n) is 6.49. The van der Waals surface area contributed by atoms with Crippen molar-refractivity contribution < 1.29 is 9.13 Å². The third-order valence-corrected chi connectivity index (χ3v) is 3.67. The maximum atomic E-state index is 14.1. The van der Waals surface area contributed by atoms with Crippen molar-refractivity contribution in [1.29, 1.82) is 5.26 Å². The highest BCUT2D eigenvalue weighted by Gasteiger charge is 2.10. The van der Waals surface area contributed by atoms with Gasteiger partial charge in [-0.1, -0.05) is 12.1 Å². The summed E-state index contributed by atoms with van der Waals surface area (Å²) in [5.41, 5.74) is 1.61. The number of benzene rings is 2. The van der Waals surface area contributed by atoms with E-state index in [-0.39, 0.29) is 10.0 Å². The van der Waals surface area contributed by atoms with Crippen molar-refractivity contribution in [3.05, 3.63) is 57.8 Å². The molecule has 0 radical (unpaired) electrons. The first-order valence-corrected chi connectivity index (χ1v) is 7.28. The summed E-state index contributed by atoms with van der Waals surface area (Å²) in [6, 6.07) is 12.7. The molecule has 0 fully saturated rings. The van der Waals surface area contributed by atoms with Gasteiger partial charge in [-0.15, -0.1) is 0 Å². The Kier molecular flexibility index (Phi) is 5.18. The molecule has 0 aliphatic heterocycles. The molecule has 0 aliphatic rings. The van der Waals surface area contributed by atoms with Crippen molar-refractivity contribution in [2.24, 2.45) is 0 Å². The number of ether oxygens (including phenoxy) is 1. The first-order chi connectivity index (χ1) is 10.2. The number of hydrogen-bond donors (Lipinski definition) is 1. The van der Waals surface area contributed by atoms with Crippen LogP contribution in [0.15, 0.2) is 40.9 Å². The highest BCUT2D eigenvalue weighted by molar-refractivity contribution is 9.10. The molecule has 0 saturated heterocycles. The Labute approximate surface area is 131 Å². The minimum atomic E-state index is -0.463. The van der Waals surface area contributed by atoms with E-state index in [0.717, 1.165) is 11.3 Å². The summed E-state index contributed by atoms with van der Waals surface area (Å²) in [6.07, 6.45) is 0. The molecule has 2 aromatic rings. The van der Waals surface area contributed by atoms with Crippen LogP contribution in [-0.4, -0.2) is 6.61 Å². The third kappa shape index (κ3) is 3.73. The van der Waals surface area contributed by atoms with E-state index in [1.54, 1.807) is 12.1 Å². The molecule has 0 atom stereocenters. The van der Waals surface area contributed by atoms with E-state index in [1.165, 1.54) is 0 Å². The Morgan fingerprint density at radius 2 is 2.14 bits per heavy atom. The lowest BCUT2D eigenvalue weighted by atomic mass is 10.2. The van der Waals surface area contributed by atoms with Crippen LogP contribution in [0.2, 0.25) is 0 Å². The summed E-state index contributed by atoms with van der Waals surface area (Å²) in [5, 5.41) is 11.9. The molecule has 0 unspecified atom stereocenters. The van der Waals surface area contributed by atoms with Crippen LogP contribution < -0.4 is 10.1 Å². The zero-order valence-electron chi connectivity index (χ0n) is 11.5. The minimum absolute atomic E-state index is 0.179. The van der Waals surface area contributed by atoms with Gasteiger partial charge in [0.2, 0.25) is 0 Å². The van der Waals surface area contributed by atoms with Crippen molar-refractivity contribution in [3.63, 3.8) is 0 Å². The van der Waals surface area contributed by atoms with Crippen LogP contribution in [0.3, 0.4) is 0 Å². The minimum Gasteiger partial charge on any atom is -0.494 e. The summed E-state index contributed by atoms with van der Waals surface area (Å²) >= 11 is 3.09. The van der Waals surface area contributed by atoms with Crippen LogP contribution in [0, 0.1) is 17.1 Å². The molecule has 2 rings (SSSR count). The fraction of sp³-hybridized carbons (Fsp3) is 0.188. The fourth-order valence-corrected chi connectivity index (χ4v) is 2.32. The largest absolute Gasteiger partial charge is 0.494 e. The second-order valence-electron chi connectivity index (χ2n) is 4.33. The molecule has 0 amide bonds. The molecule has 3 nitrogen and oxygen atoms in total. The van der Waals surface area contributed by atoms with Gasteiger partial charge in [0.15, 0.2) is 5.82 Å². The average Bonchev–Trinajstić information content (AvgIpc) is 2.50. The molecule has 2 aromatic carbocycles. The van der Waals surface area contributed by atoms with Crippen LogP contribution in [0.4, 0.5) is 10.1 Å². The van der Waals surface area contributed by atoms with Gasteiger partial charge in [-0.05, 0) is 52.7 Å². The molecule has 0 aliphatic carbocycles. The topological polar surface area (TPSA) is 45.0 Å². The van der Waals surface area contributed by atoms with Crippen molar-refractivity contribution in [3.8, 4) is 11.8 Å². The van der Waals surface area contributed by atoms with Gasteiger partial charge in [-0.3, -0.25) is 0 Å². The summed E-state index contributed by atoms with van der Waals surface area (Å²) in [7, 11) is 0. The molecule has 0 bridgehead atoms. The van der Waals surface area contributed by atoms with E-state index >= 15 is 0 Å². The Morgan fingerprint density at radius 1 is 1.33 bits per heavy atom. The predicted octanol–water partition coefficient (Wildman–Crippen LogP) is 4.47. The Hall–Kier alpha value is -2.06. The Bertz CT molecular complexity index is 682. The molecule has 0 aromatic heterocycles. The van der Waals surface area contributed by atoms with Crippen LogP contribution >= 0.6 is 15.9 Å². The van der Waals surface area contributed by atoms with Gasteiger partial charge in [0, 0.05) is 6.54 Å². The zero-order chi connectivity index (χ0) is 15.2. The predicted molar refractivity (Wildman–Crippen MR) is 83.8 cm³/mol. The van der Waals surface area contributed by atoms with Gasteiger partial charge >= 0.3 is 0 Å². The lowest BCUT2D eigenvalue weighted by Gasteiger charge is -2.10. The molecule has 21 heavy (non-hydrogen) atoms. The highest BCUT2D eigenvalue weighted by atomic mass is 79.9. The van der Waals surface area contributed by atoms with Gasteiger partial charge in [0.1, 0.15) is 11.8 Å². The number of anilines is 1. The molecule has 0 heterocycles. The fourth-order valence-electron chi connectivity index (χ4n) is 1.88. The molecular weight excluding hydrogens is 335 g/mol. The van der Waals surface area contributed by atoms with Crippen LogP contribution in [-0.2, 0) is 6.54 Å². The third-order valence-electron chi connectivity index (χ3n) is 2.90. The van der Waals surface area contributed by atoms with Gasteiger partial charge < -0.3 is 10.1 Å². The first kappa shape index (κ1) is 15.3. The number of nitrogens with one attached hydrogen (secondary N) is 1. The highest BCUT2D eigenvalue weighted by Crippen LogP contribution is 2.27. The Morgan fingerprint density at radius 3 is 2.86 bits per heavy atom. The summed E-state index contributed by atoms with van der Waals surface area (Å²) in [6.45, 7) is 3.00. The molecule has 0 saturated carbocycles. The quantitative estimate of drug-likeness (QED) is 0.866. The number of halogens is 2. The lowest BCUT2D eigenvalue weighted by Crippen LogP contribution is -2.03. The number of nitriles is 1.